The summed E-state index contributed by atoms with van der Waals surface area (Å²) in [7, 11) is 0. The van der Waals surface area contributed by atoms with E-state index in [9.17, 15) is 10.1 Å². The van der Waals surface area contributed by atoms with E-state index in [2.05, 4.69) is 11.8 Å². The first kappa shape index (κ1) is 14.1. The molecule has 1 aromatic carbocycles. The molecule has 0 radical (unpaired) electrons. The first-order chi connectivity index (χ1) is 9.11. The summed E-state index contributed by atoms with van der Waals surface area (Å²) >= 11 is 5.95. The average Bonchev–Trinajstić information content (AvgIpc) is 2.62. The summed E-state index contributed by atoms with van der Waals surface area (Å²) in [6, 6.07) is 5.00. The van der Waals surface area contributed by atoms with Crippen LogP contribution in [0.1, 0.15) is 31.7 Å². The van der Waals surface area contributed by atoms with Gasteiger partial charge < -0.3 is 4.90 Å². The molecular formula is C14H19ClN2O2. The van der Waals surface area contributed by atoms with Crippen molar-refractivity contribution in [2.45, 2.75) is 32.1 Å². The van der Waals surface area contributed by atoms with E-state index in [1.807, 2.05) is 6.07 Å². The lowest BCUT2D eigenvalue weighted by Crippen LogP contribution is -2.25. The second-order valence-electron chi connectivity index (χ2n) is 5.23. The van der Waals surface area contributed by atoms with Crippen LogP contribution in [0, 0.1) is 16.0 Å². The maximum absolute atomic E-state index is 10.8. The van der Waals surface area contributed by atoms with Crippen molar-refractivity contribution in [3.63, 3.8) is 0 Å². The van der Waals surface area contributed by atoms with E-state index < -0.39 is 0 Å². The van der Waals surface area contributed by atoms with Crippen LogP contribution in [0.2, 0.25) is 0 Å². The maximum atomic E-state index is 10.8. The Hall–Kier alpha value is -1.29. The Labute approximate surface area is 118 Å². The second-order valence-corrected chi connectivity index (χ2v) is 5.49. The van der Waals surface area contributed by atoms with Crippen molar-refractivity contribution < 1.29 is 4.92 Å². The van der Waals surface area contributed by atoms with Crippen molar-refractivity contribution in [1.29, 1.82) is 0 Å². The van der Waals surface area contributed by atoms with Crippen molar-refractivity contribution in [3.8, 4) is 0 Å². The van der Waals surface area contributed by atoms with Gasteiger partial charge in [0, 0.05) is 36.8 Å². The van der Waals surface area contributed by atoms with E-state index in [1.54, 1.807) is 12.1 Å². The van der Waals surface area contributed by atoms with Crippen LogP contribution >= 0.6 is 11.6 Å². The number of nitrogens with zero attached hydrogens (tertiary/aromatic N) is 2. The van der Waals surface area contributed by atoms with Crippen LogP contribution in [0.5, 0.6) is 0 Å². The summed E-state index contributed by atoms with van der Waals surface area (Å²) in [4.78, 5) is 12.7. The Bertz CT molecular complexity index is 465. The van der Waals surface area contributed by atoms with Gasteiger partial charge in [-0.2, -0.15) is 0 Å². The van der Waals surface area contributed by atoms with Crippen LogP contribution in [0.25, 0.3) is 0 Å². The number of benzene rings is 1. The molecule has 4 nitrogen and oxygen atoms in total. The van der Waals surface area contributed by atoms with Crippen LogP contribution in [-0.4, -0.2) is 18.0 Å². The van der Waals surface area contributed by atoms with Crippen molar-refractivity contribution in [3.05, 3.63) is 33.9 Å². The number of nitro benzene ring substituents is 1. The number of rotatable bonds is 3. The fourth-order valence-electron chi connectivity index (χ4n) is 2.60. The highest BCUT2D eigenvalue weighted by Crippen LogP contribution is 2.29. The van der Waals surface area contributed by atoms with Crippen molar-refractivity contribution in [1.82, 2.24) is 0 Å². The van der Waals surface area contributed by atoms with Gasteiger partial charge in [0.2, 0.25) is 0 Å². The Balaban J connectivity index is 2.25. The topological polar surface area (TPSA) is 46.4 Å². The Morgan fingerprint density at radius 3 is 2.89 bits per heavy atom. The predicted molar refractivity (Wildman–Crippen MR) is 77.9 cm³/mol. The minimum absolute atomic E-state index is 0.114. The number of hydrogen-bond acceptors (Lipinski definition) is 3. The van der Waals surface area contributed by atoms with Gasteiger partial charge in [-0.3, -0.25) is 10.1 Å². The SMILES string of the molecule is CC1CCCN(c2ccc([N+](=O)[O-])cc2CCl)CC1. The molecule has 1 aliphatic rings. The van der Waals surface area contributed by atoms with E-state index >= 15 is 0 Å². The van der Waals surface area contributed by atoms with Crippen LogP contribution in [-0.2, 0) is 5.88 Å². The molecule has 0 amide bonds. The van der Waals surface area contributed by atoms with Crippen LogP contribution in [0.3, 0.4) is 0 Å². The molecule has 1 fully saturated rings. The molecule has 5 heteroatoms. The molecule has 1 unspecified atom stereocenters. The van der Waals surface area contributed by atoms with E-state index in [1.165, 1.54) is 19.3 Å². The number of non-ortho nitro benzene ring substituents is 1. The molecule has 1 aromatic rings. The molecule has 1 saturated heterocycles. The highest BCUT2D eigenvalue weighted by atomic mass is 35.5. The fraction of sp³-hybridized carbons (Fsp3) is 0.571. The monoisotopic (exact) mass is 282 g/mol. The zero-order chi connectivity index (χ0) is 13.8. The number of halogens is 1. The average molecular weight is 283 g/mol. The smallest absolute Gasteiger partial charge is 0.269 e. The first-order valence-corrected chi connectivity index (χ1v) is 7.23. The minimum Gasteiger partial charge on any atom is -0.371 e. The van der Waals surface area contributed by atoms with Crippen LogP contribution in [0.15, 0.2) is 18.2 Å². The molecule has 0 aromatic heterocycles. The van der Waals surface area contributed by atoms with Crippen molar-refractivity contribution in [2.75, 3.05) is 18.0 Å². The lowest BCUT2D eigenvalue weighted by Gasteiger charge is -2.25. The highest BCUT2D eigenvalue weighted by molar-refractivity contribution is 6.17. The normalized spacial score (nSPS) is 20.1. The quantitative estimate of drug-likeness (QED) is 0.479. The van der Waals surface area contributed by atoms with Gasteiger partial charge in [-0.1, -0.05) is 6.92 Å². The summed E-state index contributed by atoms with van der Waals surface area (Å²) in [6.45, 7) is 4.29. The fourth-order valence-corrected chi connectivity index (χ4v) is 2.82. The van der Waals surface area contributed by atoms with Gasteiger partial charge >= 0.3 is 0 Å². The van der Waals surface area contributed by atoms with Gasteiger partial charge in [0.25, 0.3) is 5.69 Å². The summed E-state index contributed by atoms with van der Waals surface area (Å²) in [6.07, 6.45) is 3.58. The van der Waals surface area contributed by atoms with Gasteiger partial charge in [0.1, 0.15) is 0 Å². The maximum Gasteiger partial charge on any atom is 0.269 e. The van der Waals surface area contributed by atoms with E-state index in [0.717, 1.165) is 30.3 Å². The number of hydrogen-bond donors (Lipinski definition) is 0. The molecule has 1 heterocycles. The summed E-state index contributed by atoms with van der Waals surface area (Å²) in [5, 5.41) is 10.8. The third-order valence-corrected chi connectivity index (χ3v) is 4.06. The molecule has 0 spiro atoms. The van der Waals surface area contributed by atoms with E-state index in [-0.39, 0.29) is 10.6 Å². The summed E-state index contributed by atoms with van der Waals surface area (Å²) in [5.41, 5.74) is 2.02. The van der Waals surface area contributed by atoms with E-state index in [4.69, 9.17) is 11.6 Å². The molecule has 19 heavy (non-hydrogen) atoms. The van der Waals surface area contributed by atoms with Gasteiger partial charge in [-0.05, 0) is 36.8 Å². The summed E-state index contributed by atoms with van der Waals surface area (Å²) in [5.74, 6) is 1.06. The molecule has 104 valence electrons. The van der Waals surface area contributed by atoms with Gasteiger partial charge in [-0.15, -0.1) is 11.6 Å². The second kappa shape index (κ2) is 6.24. The zero-order valence-electron chi connectivity index (χ0n) is 11.1. The Morgan fingerprint density at radius 1 is 1.42 bits per heavy atom. The zero-order valence-corrected chi connectivity index (χ0v) is 11.9. The Kier molecular flexibility index (Phi) is 4.64. The highest BCUT2D eigenvalue weighted by Gasteiger charge is 2.18. The molecule has 1 aliphatic heterocycles. The Morgan fingerprint density at radius 2 is 2.21 bits per heavy atom. The minimum atomic E-state index is -0.371. The number of alkyl halides is 1. The molecule has 0 aliphatic carbocycles. The van der Waals surface area contributed by atoms with E-state index in [0.29, 0.717) is 5.88 Å². The molecule has 0 saturated carbocycles. The molecule has 0 bridgehead atoms. The molecule has 2 rings (SSSR count). The first-order valence-electron chi connectivity index (χ1n) is 6.70. The summed E-state index contributed by atoms with van der Waals surface area (Å²) < 4.78 is 0. The van der Waals surface area contributed by atoms with Crippen LogP contribution < -0.4 is 4.90 Å². The van der Waals surface area contributed by atoms with Crippen molar-refractivity contribution >= 4 is 23.0 Å². The largest absolute Gasteiger partial charge is 0.371 e. The lowest BCUT2D eigenvalue weighted by molar-refractivity contribution is -0.384. The van der Waals surface area contributed by atoms with Crippen molar-refractivity contribution in [2.24, 2.45) is 5.92 Å². The van der Waals surface area contributed by atoms with Crippen LogP contribution in [0.4, 0.5) is 11.4 Å². The third kappa shape index (κ3) is 3.38. The standard InChI is InChI=1S/C14H19ClN2O2/c1-11-3-2-7-16(8-6-11)14-5-4-13(17(18)19)9-12(14)10-15/h4-5,9,11H,2-3,6-8,10H2,1H3. The molecular weight excluding hydrogens is 264 g/mol. The lowest BCUT2D eigenvalue weighted by atomic mass is 10.0. The van der Waals surface area contributed by atoms with Gasteiger partial charge in [0.15, 0.2) is 0 Å². The van der Waals surface area contributed by atoms with Gasteiger partial charge in [-0.25, -0.2) is 0 Å². The number of nitro groups is 1. The molecule has 1 atom stereocenters. The van der Waals surface area contributed by atoms with Gasteiger partial charge in [0.05, 0.1) is 4.92 Å². The third-order valence-electron chi connectivity index (χ3n) is 3.78. The predicted octanol–water partition coefficient (Wildman–Crippen LogP) is 3.96. The number of anilines is 1. The molecule has 0 N–H and O–H groups in total.